The SMILES string of the molecule is C=CCC(N)C(=O)Nc1ccc(OCCC(N)=O)cc1. The molecule has 1 unspecified atom stereocenters. The number of primary amides is 1. The van der Waals surface area contributed by atoms with E-state index in [1.807, 2.05) is 0 Å². The topological polar surface area (TPSA) is 107 Å². The van der Waals surface area contributed by atoms with Crippen molar-refractivity contribution in [1.82, 2.24) is 0 Å². The molecule has 1 aromatic carbocycles. The minimum Gasteiger partial charge on any atom is -0.493 e. The molecule has 0 bridgehead atoms. The lowest BCUT2D eigenvalue weighted by molar-refractivity contribution is -0.118. The molecule has 0 aliphatic carbocycles. The summed E-state index contributed by atoms with van der Waals surface area (Å²) in [5, 5.41) is 2.69. The second kappa shape index (κ2) is 7.96. The van der Waals surface area contributed by atoms with Gasteiger partial charge in [-0.05, 0) is 30.7 Å². The highest BCUT2D eigenvalue weighted by Crippen LogP contribution is 2.16. The third kappa shape index (κ3) is 5.53. The van der Waals surface area contributed by atoms with Gasteiger partial charge in [-0.3, -0.25) is 9.59 Å². The van der Waals surface area contributed by atoms with Gasteiger partial charge in [0.2, 0.25) is 11.8 Å². The van der Waals surface area contributed by atoms with E-state index in [9.17, 15) is 9.59 Å². The van der Waals surface area contributed by atoms with Crippen LogP contribution in [0.4, 0.5) is 5.69 Å². The fourth-order valence-corrected chi connectivity index (χ4v) is 1.43. The van der Waals surface area contributed by atoms with Crippen molar-refractivity contribution in [2.45, 2.75) is 18.9 Å². The molecule has 0 aromatic heterocycles. The predicted molar refractivity (Wildman–Crippen MR) is 77.2 cm³/mol. The number of nitrogens with one attached hydrogen (secondary N) is 1. The largest absolute Gasteiger partial charge is 0.493 e. The van der Waals surface area contributed by atoms with Crippen molar-refractivity contribution in [3.05, 3.63) is 36.9 Å². The Hall–Kier alpha value is -2.34. The van der Waals surface area contributed by atoms with E-state index >= 15 is 0 Å². The van der Waals surface area contributed by atoms with Gasteiger partial charge in [-0.25, -0.2) is 0 Å². The summed E-state index contributed by atoms with van der Waals surface area (Å²) < 4.78 is 5.31. The van der Waals surface area contributed by atoms with Gasteiger partial charge in [-0.15, -0.1) is 6.58 Å². The minimum atomic E-state index is -0.612. The van der Waals surface area contributed by atoms with E-state index in [0.717, 1.165) is 0 Å². The maximum Gasteiger partial charge on any atom is 0.241 e. The summed E-state index contributed by atoms with van der Waals surface area (Å²) in [6.45, 7) is 3.76. The molecule has 0 heterocycles. The number of carbonyl (C=O) groups excluding carboxylic acids is 2. The van der Waals surface area contributed by atoms with Gasteiger partial charge in [0, 0.05) is 5.69 Å². The van der Waals surface area contributed by atoms with Crippen LogP contribution in [0, 0.1) is 0 Å². The molecule has 2 amide bonds. The van der Waals surface area contributed by atoms with Crippen molar-refractivity contribution in [2.24, 2.45) is 11.5 Å². The number of ether oxygens (including phenoxy) is 1. The van der Waals surface area contributed by atoms with Crippen LogP contribution in [-0.2, 0) is 9.59 Å². The molecule has 1 atom stereocenters. The first-order valence-electron chi connectivity index (χ1n) is 6.21. The van der Waals surface area contributed by atoms with Gasteiger partial charge in [0.15, 0.2) is 0 Å². The number of rotatable bonds is 8. The smallest absolute Gasteiger partial charge is 0.241 e. The summed E-state index contributed by atoms with van der Waals surface area (Å²) in [6.07, 6.45) is 2.18. The van der Waals surface area contributed by atoms with E-state index in [2.05, 4.69) is 11.9 Å². The maximum atomic E-state index is 11.7. The third-order valence-corrected chi connectivity index (χ3v) is 2.50. The first-order valence-corrected chi connectivity index (χ1v) is 6.21. The molecule has 0 radical (unpaired) electrons. The molecule has 108 valence electrons. The molecule has 0 saturated heterocycles. The zero-order chi connectivity index (χ0) is 15.0. The first kappa shape index (κ1) is 15.7. The minimum absolute atomic E-state index is 0.162. The van der Waals surface area contributed by atoms with Crippen LogP contribution in [0.15, 0.2) is 36.9 Å². The molecular formula is C14H19N3O3. The molecule has 1 rings (SSSR count). The molecule has 6 heteroatoms. The van der Waals surface area contributed by atoms with E-state index in [1.54, 1.807) is 30.3 Å². The van der Waals surface area contributed by atoms with Crippen LogP contribution in [0.5, 0.6) is 5.75 Å². The van der Waals surface area contributed by atoms with Crippen molar-refractivity contribution in [1.29, 1.82) is 0 Å². The van der Waals surface area contributed by atoms with Gasteiger partial charge >= 0.3 is 0 Å². The quantitative estimate of drug-likeness (QED) is 0.610. The van der Waals surface area contributed by atoms with E-state index in [-0.39, 0.29) is 18.9 Å². The number of anilines is 1. The van der Waals surface area contributed by atoms with Crippen LogP contribution in [0.2, 0.25) is 0 Å². The summed E-state index contributed by atoms with van der Waals surface area (Å²) in [6, 6.07) is 6.15. The Morgan fingerprint density at radius 2 is 2.00 bits per heavy atom. The zero-order valence-electron chi connectivity index (χ0n) is 11.2. The Morgan fingerprint density at radius 3 is 2.55 bits per heavy atom. The molecule has 0 aliphatic heterocycles. The van der Waals surface area contributed by atoms with Gasteiger partial charge in [0.1, 0.15) is 5.75 Å². The Morgan fingerprint density at radius 1 is 1.35 bits per heavy atom. The summed E-state index contributed by atoms with van der Waals surface area (Å²) in [4.78, 5) is 22.2. The lowest BCUT2D eigenvalue weighted by atomic mass is 10.2. The van der Waals surface area contributed by atoms with Crippen molar-refractivity contribution in [3.8, 4) is 5.75 Å². The average Bonchev–Trinajstić information content (AvgIpc) is 2.40. The monoisotopic (exact) mass is 277 g/mol. The van der Waals surface area contributed by atoms with E-state index in [4.69, 9.17) is 16.2 Å². The maximum absolute atomic E-state index is 11.7. The lowest BCUT2D eigenvalue weighted by Crippen LogP contribution is -2.35. The van der Waals surface area contributed by atoms with Crippen molar-refractivity contribution >= 4 is 17.5 Å². The molecule has 20 heavy (non-hydrogen) atoms. The van der Waals surface area contributed by atoms with Crippen molar-refractivity contribution in [3.63, 3.8) is 0 Å². The molecular weight excluding hydrogens is 258 g/mol. The van der Waals surface area contributed by atoms with Gasteiger partial charge in [-0.1, -0.05) is 6.08 Å². The fourth-order valence-electron chi connectivity index (χ4n) is 1.43. The van der Waals surface area contributed by atoms with E-state index < -0.39 is 11.9 Å². The molecule has 5 N–H and O–H groups in total. The van der Waals surface area contributed by atoms with E-state index in [0.29, 0.717) is 17.9 Å². The van der Waals surface area contributed by atoms with Crippen LogP contribution in [0.25, 0.3) is 0 Å². The molecule has 0 saturated carbocycles. The van der Waals surface area contributed by atoms with Gasteiger partial charge in [-0.2, -0.15) is 0 Å². The summed E-state index contributed by atoms with van der Waals surface area (Å²) in [5.41, 5.74) is 11.3. The van der Waals surface area contributed by atoms with Crippen molar-refractivity contribution in [2.75, 3.05) is 11.9 Å². The summed E-state index contributed by atoms with van der Waals surface area (Å²) >= 11 is 0. The predicted octanol–water partition coefficient (Wildman–Crippen LogP) is 0.783. The van der Waals surface area contributed by atoms with Crippen molar-refractivity contribution < 1.29 is 14.3 Å². The number of nitrogens with two attached hydrogens (primary N) is 2. The molecule has 1 aromatic rings. The number of hydrogen-bond acceptors (Lipinski definition) is 4. The van der Waals surface area contributed by atoms with Gasteiger partial charge in [0.05, 0.1) is 19.1 Å². The second-order valence-electron chi connectivity index (χ2n) is 4.21. The summed E-state index contributed by atoms with van der Waals surface area (Å²) in [5.74, 6) is -0.0861. The van der Waals surface area contributed by atoms with Crippen LogP contribution >= 0.6 is 0 Å². The highest BCUT2D eigenvalue weighted by molar-refractivity contribution is 5.94. The number of benzene rings is 1. The highest BCUT2D eigenvalue weighted by atomic mass is 16.5. The Kier molecular flexibility index (Phi) is 6.25. The fraction of sp³-hybridized carbons (Fsp3) is 0.286. The molecule has 0 spiro atoms. The standard InChI is InChI=1S/C14H19N3O3/c1-2-3-12(15)14(19)17-10-4-6-11(7-5-10)20-9-8-13(16)18/h2,4-7,12H,1,3,8-9,15H2,(H2,16,18)(H,17,19). The number of amides is 2. The number of hydrogen-bond donors (Lipinski definition) is 3. The third-order valence-electron chi connectivity index (χ3n) is 2.50. The van der Waals surface area contributed by atoms with Crippen LogP contribution in [-0.4, -0.2) is 24.5 Å². The Bertz CT molecular complexity index is 471. The Labute approximate surface area is 117 Å². The molecule has 6 nitrogen and oxygen atoms in total. The van der Waals surface area contributed by atoms with Gasteiger partial charge in [0.25, 0.3) is 0 Å². The molecule has 0 aliphatic rings. The summed E-state index contributed by atoms with van der Waals surface area (Å²) in [7, 11) is 0. The van der Waals surface area contributed by atoms with Crippen LogP contribution < -0.4 is 21.5 Å². The lowest BCUT2D eigenvalue weighted by Gasteiger charge is -2.11. The molecule has 0 fully saturated rings. The second-order valence-corrected chi connectivity index (χ2v) is 4.21. The average molecular weight is 277 g/mol. The van der Waals surface area contributed by atoms with E-state index in [1.165, 1.54) is 0 Å². The Balaban J connectivity index is 2.47. The zero-order valence-corrected chi connectivity index (χ0v) is 11.2. The highest BCUT2D eigenvalue weighted by Gasteiger charge is 2.11. The van der Waals surface area contributed by atoms with Crippen LogP contribution in [0.3, 0.4) is 0 Å². The number of carbonyl (C=O) groups is 2. The first-order chi connectivity index (χ1) is 9.52. The van der Waals surface area contributed by atoms with Crippen LogP contribution in [0.1, 0.15) is 12.8 Å². The normalized spacial score (nSPS) is 11.4. The van der Waals surface area contributed by atoms with Gasteiger partial charge < -0.3 is 21.5 Å².